The Hall–Kier alpha value is -1.78. The molecule has 2 aliphatic heterocycles. The van der Waals surface area contributed by atoms with Gasteiger partial charge in [0.1, 0.15) is 5.82 Å². The molecule has 4 rings (SSSR count). The summed E-state index contributed by atoms with van der Waals surface area (Å²) in [4.78, 5) is 4.03. The summed E-state index contributed by atoms with van der Waals surface area (Å²) in [6.45, 7) is 0.328. The molecule has 0 aliphatic carbocycles. The van der Waals surface area contributed by atoms with Crippen molar-refractivity contribution in [3.8, 4) is 11.1 Å². The van der Waals surface area contributed by atoms with Crippen LogP contribution in [-0.4, -0.2) is 23.2 Å². The normalized spacial score (nSPS) is 26.4. The number of hydrogen-bond acceptors (Lipinski definition) is 3. The maximum atomic E-state index is 14.3. The minimum Gasteiger partial charge on any atom is -0.373 e. The van der Waals surface area contributed by atoms with Gasteiger partial charge in [0.25, 0.3) is 0 Å². The number of pyridine rings is 1. The zero-order chi connectivity index (χ0) is 15.6. The minimum atomic E-state index is -0.198. The predicted octanol–water partition coefficient (Wildman–Crippen LogP) is 3.69. The molecule has 2 bridgehead atoms. The van der Waals surface area contributed by atoms with Crippen LogP contribution in [0.3, 0.4) is 0 Å². The number of hydrogen-bond donors (Lipinski definition) is 1. The van der Waals surface area contributed by atoms with Gasteiger partial charge >= 0.3 is 0 Å². The molecule has 0 saturated carbocycles. The van der Waals surface area contributed by atoms with Crippen molar-refractivity contribution in [3.05, 3.63) is 54.1 Å². The van der Waals surface area contributed by atoms with Gasteiger partial charge in [-0.05, 0) is 55.0 Å². The first kappa shape index (κ1) is 14.8. The first-order valence-corrected chi connectivity index (χ1v) is 8.35. The zero-order valence-electron chi connectivity index (χ0n) is 13.0. The maximum absolute atomic E-state index is 14.3. The van der Waals surface area contributed by atoms with E-state index in [9.17, 15) is 4.39 Å². The monoisotopic (exact) mass is 312 g/mol. The number of nitrogens with zero attached hydrogens (tertiary/aromatic N) is 1. The Bertz CT molecular complexity index is 664. The van der Waals surface area contributed by atoms with Crippen LogP contribution in [0.15, 0.2) is 42.7 Å². The summed E-state index contributed by atoms with van der Waals surface area (Å²) < 4.78 is 20.4. The van der Waals surface area contributed by atoms with E-state index in [2.05, 4.69) is 10.3 Å². The Morgan fingerprint density at radius 2 is 1.83 bits per heavy atom. The van der Waals surface area contributed by atoms with Crippen LogP contribution in [0.25, 0.3) is 11.1 Å². The first-order chi connectivity index (χ1) is 11.3. The van der Waals surface area contributed by atoms with Crippen molar-refractivity contribution in [1.29, 1.82) is 0 Å². The fraction of sp³-hybridized carbons (Fsp3) is 0.421. The summed E-state index contributed by atoms with van der Waals surface area (Å²) in [6.07, 6.45) is 8.26. The molecule has 1 aromatic carbocycles. The van der Waals surface area contributed by atoms with Crippen molar-refractivity contribution in [2.24, 2.45) is 0 Å². The van der Waals surface area contributed by atoms with Crippen molar-refractivity contribution >= 4 is 0 Å². The quantitative estimate of drug-likeness (QED) is 0.935. The van der Waals surface area contributed by atoms with Crippen LogP contribution in [-0.2, 0) is 11.3 Å². The van der Waals surface area contributed by atoms with Crippen LogP contribution < -0.4 is 5.32 Å². The molecule has 4 heteroatoms. The molecule has 2 fully saturated rings. The summed E-state index contributed by atoms with van der Waals surface area (Å²) in [5.74, 6) is -0.198. The van der Waals surface area contributed by atoms with Crippen molar-refractivity contribution in [2.45, 2.75) is 50.5 Å². The van der Waals surface area contributed by atoms with Crippen molar-refractivity contribution in [3.63, 3.8) is 0 Å². The van der Waals surface area contributed by atoms with Gasteiger partial charge in [-0.3, -0.25) is 4.98 Å². The van der Waals surface area contributed by atoms with Crippen molar-refractivity contribution < 1.29 is 9.13 Å². The standard InChI is InChI=1S/C19H21FN2O/c20-19-3-1-2-17(13-6-8-21-9-7-13)18(19)12-23-16-10-14-4-5-15(11-16)22-14/h1-3,6-9,14-16,22H,4-5,10-12H2. The molecule has 3 nitrogen and oxygen atoms in total. The summed E-state index contributed by atoms with van der Waals surface area (Å²) in [5.41, 5.74) is 2.51. The summed E-state index contributed by atoms with van der Waals surface area (Å²) in [6, 6.07) is 10.2. The molecule has 23 heavy (non-hydrogen) atoms. The molecule has 3 heterocycles. The Kier molecular flexibility index (Phi) is 4.10. The van der Waals surface area contributed by atoms with Gasteiger partial charge in [-0.2, -0.15) is 0 Å². The smallest absolute Gasteiger partial charge is 0.129 e. The average molecular weight is 312 g/mol. The van der Waals surface area contributed by atoms with E-state index in [-0.39, 0.29) is 11.9 Å². The molecule has 1 N–H and O–H groups in total. The van der Waals surface area contributed by atoms with E-state index in [0.717, 1.165) is 24.0 Å². The molecule has 2 aliphatic rings. The number of halogens is 1. The second kappa shape index (κ2) is 6.38. The lowest BCUT2D eigenvalue weighted by molar-refractivity contribution is 0.00821. The lowest BCUT2D eigenvalue weighted by atomic mass is 10.00. The van der Waals surface area contributed by atoms with E-state index in [4.69, 9.17) is 4.74 Å². The summed E-state index contributed by atoms with van der Waals surface area (Å²) >= 11 is 0. The highest BCUT2D eigenvalue weighted by Crippen LogP contribution is 2.31. The molecule has 0 radical (unpaired) electrons. The van der Waals surface area contributed by atoms with E-state index >= 15 is 0 Å². The van der Waals surface area contributed by atoms with Crippen molar-refractivity contribution in [1.82, 2.24) is 10.3 Å². The van der Waals surface area contributed by atoms with Gasteiger partial charge in [0, 0.05) is 30.0 Å². The average Bonchev–Trinajstić information content (AvgIpc) is 2.93. The number of nitrogens with one attached hydrogen (secondary N) is 1. The third-order valence-electron chi connectivity index (χ3n) is 5.00. The largest absolute Gasteiger partial charge is 0.373 e. The van der Waals surface area contributed by atoms with Gasteiger partial charge in [0.05, 0.1) is 12.7 Å². The van der Waals surface area contributed by atoms with Crippen LogP contribution in [0, 0.1) is 5.82 Å². The van der Waals surface area contributed by atoms with Gasteiger partial charge in [0.2, 0.25) is 0 Å². The molecule has 2 saturated heterocycles. The highest BCUT2D eigenvalue weighted by atomic mass is 19.1. The molecule has 2 atom stereocenters. The third-order valence-corrected chi connectivity index (χ3v) is 5.00. The number of benzene rings is 1. The highest BCUT2D eigenvalue weighted by molar-refractivity contribution is 5.66. The van der Waals surface area contributed by atoms with Crippen LogP contribution in [0.1, 0.15) is 31.2 Å². The Balaban J connectivity index is 1.52. The summed E-state index contributed by atoms with van der Waals surface area (Å²) in [7, 11) is 0. The van der Waals surface area contributed by atoms with Crippen LogP contribution in [0.4, 0.5) is 4.39 Å². The van der Waals surface area contributed by atoms with Crippen LogP contribution in [0.2, 0.25) is 0 Å². The second-order valence-corrected chi connectivity index (χ2v) is 6.54. The predicted molar refractivity (Wildman–Crippen MR) is 87.4 cm³/mol. The van der Waals surface area contributed by atoms with E-state index in [1.807, 2.05) is 18.2 Å². The van der Waals surface area contributed by atoms with Gasteiger partial charge in [-0.15, -0.1) is 0 Å². The molecule has 120 valence electrons. The minimum absolute atomic E-state index is 0.198. The van der Waals surface area contributed by atoms with E-state index in [0.29, 0.717) is 24.3 Å². The lowest BCUT2D eigenvalue weighted by Gasteiger charge is -2.29. The van der Waals surface area contributed by atoms with E-state index in [1.165, 1.54) is 18.9 Å². The Morgan fingerprint density at radius 1 is 1.09 bits per heavy atom. The number of ether oxygens (including phenoxy) is 1. The van der Waals surface area contributed by atoms with Crippen LogP contribution >= 0.6 is 0 Å². The molecular weight excluding hydrogens is 291 g/mol. The number of rotatable bonds is 4. The van der Waals surface area contributed by atoms with Crippen LogP contribution in [0.5, 0.6) is 0 Å². The Morgan fingerprint density at radius 3 is 2.57 bits per heavy atom. The highest BCUT2D eigenvalue weighted by Gasteiger charge is 2.34. The molecule has 2 aromatic rings. The van der Waals surface area contributed by atoms with E-state index < -0.39 is 0 Å². The molecule has 1 aromatic heterocycles. The molecule has 0 spiro atoms. The second-order valence-electron chi connectivity index (χ2n) is 6.54. The molecule has 0 amide bonds. The molecule has 2 unspecified atom stereocenters. The van der Waals surface area contributed by atoms with Crippen molar-refractivity contribution in [2.75, 3.05) is 0 Å². The first-order valence-electron chi connectivity index (χ1n) is 8.35. The topological polar surface area (TPSA) is 34.1 Å². The zero-order valence-corrected chi connectivity index (χ0v) is 13.0. The number of fused-ring (bicyclic) bond motifs is 2. The number of piperidine rings is 1. The summed E-state index contributed by atoms with van der Waals surface area (Å²) in [5, 5.41) is 3.61. The fourth-order valence-electron chi connectivity index (χ4n) is 3.85. The SMILES string of the molecule is Fc1cccc(-c2ccncc2)c1COC1CC2CCC(C1)N2. The van der Waals surface area contributed by atoms with E-state index in [1.54, 1.807) is 18.5 Å². The van der Waals surface area contributed by atoms with Gasteiger partial charge in [-0.25, -0.2) is 4.39 Å². The molecular formula is C19H21FN2O. The fourth-order valence-corrected chi connectivity index (χ4v) is 3.85. The lowest BCUT2D eigenvalue weighted by Crippen LogP contribution is -2.41. The van der Waals surface area contributed by atoms with Gasteiger partial charge < -0.3 is 10.1 Å². The Labute approximate surface area is 135 Å². The maximum Gasteiger partial charge on any atom is 0.129 e. The van der Waals surface area contributed by atoms with Gasteiger partial charge in [0.15, 0.2) is 0 Å². The number of aromatic nitrogens is 1. The van der Waals surface area contributed by atoms with Gasteiger partial charge in [-0.1, -0.05) is 12.1 Å². The third kappa shape index (κ3) is 3.14.